The molecule has 0 saturated heterocycles. The molecule has 158 valence electrons. The molecule has 3 heterocycles. The van der Waals surface area contributed by atoms with Crippen LogP contribution in [0, 0.1) is 0 Å². The topological polar surface area (TPSA) is 67.6 Å². The number of aromatic nitrogens is 1. The molecule has 0 atom stereocenters. The Hall–Kier alpha value is -3.16. The van der Waals surface area contributed by atoms with Crippen LogP contribution in [0.2, 0.25) is 0 Å². The molecule has 5 rings (SSSR count). The summed E-state index contributed by atoms with van der Waals surface area (Å²) in [6.07, 6.45) is 0.913. The lowest BCUT2D eigenvalue weighted by molar-refractivity contribution is 0.0995. The first kappa shape index (κ1) is 19.8. The summed E-state index contributed by atoms with van der Waals surface area (Å²) >= 11 is 1.54. The van der Waals surface area contributed by atoms with Gasteiger partial charge < -0.3 is 9.15 Å². The van der Waals surface area contributed by atoms with E-state index in [1.807, 2.05) is 54.6 Å². The van der Waals surface area contributed by atoms with Crippen LogP contribution >= 0.6 is 11.3 Å². The Morgan fingerprint density at radius 1 is 1.19 bits per heavy atom. The summed E-state index contributed by atoms with van der Waals surface area (Å²) in [5.74, 6) is 0.703. The number of anilines is 1. The number of carbonyl (C=O) groups is 1. The van der Waals surface area contributed by atoms with Gasteiger partial charge in [-0.15, -0.1) is 11.3 Å². The third kappa shape index (κ3) is 4.06. The van der Waals surface area contributed by atoms with E-state index in [-0.39, 0.29) is 18.3 Å². The predicted octanol–water partition coefficient (Wildman–Crippen LogP) is 5.10. The van der Waals surface area contributed by atoms with Crippen molar-refractivity contribution < 1.29 is 13.9 Å². The van der Waals surface area contributed by atoms with Gasteiger partial charge in [0.2, 0.25) is 0 Å². The van der Waals surface area contributed by atoms with Crippen molar-refractivity contribution in [3.05, 3.63) is 76.5 Å². The molecule has 31 heavy (non-hydrogen) atoms. The zero-order chi connectivity index (χ0) is 21.2. The number of fused-ring (bicyclic) bond motifs is 2. The number of thiazole rings is 1. The van der Waals surface area contributed by atoms with E-state index >= 15 is 0 Å². The van der Waals surface area contributed by atoms with Crippen LogP contribution in [-0.4, -0.2) is 28.9 Å². The van der Waals surface area contributed by atoms with E-state index in [1.165, 1.54) is 4.88 Å². The van der Waals surface area contributed by atoms with Gasteiger partial charge in [-0.05, 0) is 24.7 Å². The molecule has 0 saturated carbocycles. The average Bonchev–Trinajstić information content (AvgIpc) is 3.38. The van der Waals surface area contributed by atoms with Crippen LogP contribution in [0.25, 0.3) is 11.0 Å². The van der Waals surface area contributed by atoms with Gasteiger partial charge in [0.1, 0.15) is 17.9 Å². The molecule has 4 aromatic rings. The molecule has 0 radical (unpaired) electrons. The first-order valence-electron chi connectivity index (χ1n) is 10.4. The molecule has 0 aliphatic carbocycles. The summed E-state index contributed by atoms with van der Waals surface area (Å²) in [5, 5.41) is 4.44. The maximum atomic E-state index is 13.1. The maximum absolute atomic E-state index is 13.1. The lowest BCUT2D eigenvalue weighted by atomic mass is 10.1. The van der Waals surface area contributed by atoms with Crippen molar-refractivity contribution in [1.29, 1.82) is 0 Å². The van der Waals surface area contributed by atoms with E-state index in [1.54, 1.807) is 11.3 Å². The minimum Gasteiger partial charge on any atom is -0.489 e. The van der Waals surface area contributed by atoms with Gasteiger partial charge in [0.15, 0.2) is 10.9 Å². The Morgan fingerprint density at radius 2 is 2.00 bits per heavy atom. The fourth-order valence-electron chi connectivity index (χ4n) is 3.82. The number of amides is 1. The summed E-state index contributed by atoms with van der Waals surface area (Å²) in [5.41, 5.74) is 2.48. The van der Waals surface area contributed by atoms with Gasteiger partial charge >= 0.3 is 0 Å². The minimum absolute atomic E-state index is 0.240. The molecule has 0 unspecified atom stereocenters. The fourth-order valence-corrected chi connectivity index (χ4v) is 4.87. The van der Waals surface area contributed by atoms with Crippen LogP contribution in [0.4, 0.5) is 5.13 Å². The van der Waals surface area contributed by atoms with Crippen LogP contribution in [0.3, 0.4) is 0 Å². The molecule has 1 amide bonds. The van der Waals surface area contributed by atoms with Gasteiger partial charge in [0, 0.05) is 35.3 Å². The number of furan rings is 1. The van der Waals surface area contributed by atoms with Crippen molar-refractivity contribution in [3.8, 4) is 5.75 Å². The van der Waals surface area contributed by atoms with Gasteiger partial charge in [0.25, 0.3) is 5.91 Å². The number of benzene rings is 2. The van der Waals surface area contributed by atoms with Gasteiger partial charge in [-0.25, -0.2) is 4.98 Å². The third-order valence-electron chi connectivity index (χ3n) is 5.51. The number of para-hydroxylation sites is 2. The second-order valence-electron chi connectivity index (χ2n) is 7.47. The number of rotatable bonds is 6. The lowest BCUT2D eigenvalue weighted by Crippen LogP contribution is -2.29. The second kappa shape index (κ2) is 8.53. The highest BCUT2D eigenvalue weighted by atomic mass is 32.1. The van der Waals surface area contributed by atoms with Crippen molar-refractivity contribution >= 4 is 33.3 Å². The van der Waals surface area contributed by atoms with E-state index in [9.17, 15) is 4.79 Å². The quantitative estimate of drug-likeness (QED) is 0.458. The van der Waals surface area contributed by atoms with Crippen molar-refractivity contribution in [2.45, 2.75) is 26.5 Å². The molecule has 1 aliphatic heterocycles. The number of likely N-dealkylation sites (N-methyl/N-ethyl adjacent to an activating group) is 1. The number of hydrogen-bond acceptors (Lipinski definition) is 6. The molecule has 0 fully saturated rings. The maximum Gasteiger partial charge on any atom is 0.293 e. The number of nitrogens with zero attached hydrogens (tertiary/aromatic N) is 2. The van der Waals surface area contributed by atoms with Crippen LogP contribution in [-0.2, 0) is 19.6 Å². The van der Waals surface area contributed by atoms with Crippen LogP contribution < -0.4 is 10.1 Å². The summed E-state index contributed by atoms with van der Waals surface area (Å²) in [6.45, 7) is 5.31. The Kier molecular flexibility index (Phi) is 5.44. The molecular weight excluding hydrogens is 410 g/mol. The molecular formula is C24H23N3O3S. The third-order valence-corrected chi connectivity index (χ3v) is 6.51. The number of nitrogens with one attached hydrogen (secondary N) is 1. The standard InChI is InChI=1S/C24H23N3O3S/c1-2-27-13-12-19-21(14-27)31-24(25-19)26-23(28)22-18(15-29-16-8-4-3-5-9-16)17-10-6-7-11-20(17)30-22/h3-11H,2,12-15H2,1H3,(H,25,26,28). The summed E-state index contributed by atoms with van der Waals surface area (Å²) in [7, 11) is 0. The Morgan fingerprint density at radius 3 is 2.84 bits per heavy atom. The van der Waals surface area contributed by atoms with Gasteiger partial charge in [-0.3, -0.25) is 15.0 Å². The molecule has 1 N–H and O–H groups in total. The molecule has 0 spiro atoms. The highest BCUT2D eigenvalue weighted by molar-refractivity contribution is 7.15. The number of carbonyl (C=O) groups excluding carboxylic acids is 1. The van der Waals surface area contributed by atoms with Crippen molar-refractivity contribution in [1.82, 2.24) is 9.88 Å². The van der Waals surface area contributed by atoms with E-state index in [0.717, 1.165) is 48.4 Å². The average molecular weight is 434 g/mol. The van der Waals surface area contributed by atoms with E-state index in [2.05, 4.69) is 22.1 Å². The highest BCUT2D eigenvalue weighted by Gasteiger charge is 2.24. The Balaban J connectivity index is 1.40. The first-order valence-corrected chi connectivity index (χ1v) is 11.2. The SMILES string of the molecule is CCN1CCc2nc(NC(=O)c3oc4ccccc4c3COc3ccccc3)sc2C1. The summed E-state index contributed by atoms with van der Waals surface area (Å²) < 4.78 is 11.9. The number of ether oxygens (including phenoxy) is 1. The van der Waals surface area contributed by atoms with Crippen molar-refractivity contribution in [2.75, 3.05) is 18.4 Å². The van der Waals surface area contributed by atoms with Gasteiger partial charge in [-0.2, -0.15) is 0 Å². The van der Waals surface area contributed by atoms with Crippen LogP contribution in [0.1, 0.15) is 33.6 Å². The lowest BCUT2D eigenvalue weighted by Gasteiger charge is -2.23. The predicted molar refractivity (Wildman–Crippen MR) is 122 cm³/mol. The van der Waals surface area contributed by atoms with Crippen LogP contribution in [0.15, 0.2) is 59.0 Å². The molecule has 0 bridgehead atoms. The Labute approximate surface area is 184 Å². The molecule has 1 aliphatic rings. The van der Waals surface area contributed by atoms with Crippen LogP contribution in [0.5, 0.6) is 5.75 Å². The van der Waals surface area contributed by atoms with Crippen molar-refractivity contribution in [2.24, 2.45) is 0 Å². The van der Waals surface area contributed by atoms with E-state index < -0.39 is 0 Å². The summed E-state index contributed by atoms with van der Waals surface area (Å²) in [4.78, 5) is 21.4. The monoisotopic (exact) mass is 433 g/mol. The zero-order valence-electron chi connectivity index (χ0n) is 17.3. The smallest absolute Gasteiger partial charge is 0.293 e. The van der Waals surface area contributed by atoms with Crippen molar-refractivity contribution in [3.63, 3.8) is 0 Å². The molecule has 6 nitrogen and oxygen atoms in total. The van der Waals surface area contributed by atoms with Gasteiger partial charge in [-0.1, -0.05) is 43.3 Å². The largest absolute Gasteiger partial charge is 0.489 e. The molecule has 2 aromatic heterocycles. The zero-order valence-corrected chi connectivity index (χ0v) is 18.1. The second-order valence-corrected chi connectivity index (χ2v) is 8.55. The number of hydrogen-bond donors (Lipinski definition) is 1. The Bertz CT molecular complexity index is 1220. The fraction of sp³-hybridized carbons (Fsp3) is 0.250. The van der Waals surface area contributed by atoms with E-state index in [4.69, 9.17) is 9.15 Å². The molecule has 2 aromatic carbocycles. The minimum atomic E-state index is -0.304. The van der Waals surface area contributed by atoms with E-state index in [0.29, 0.717) is 10.7 Å². The normalized spacial score (nSPS) is 13.8. The molecule has 7 heteroatoms. The highest BCUT2D eigenvalue weighted by Crippen LogP contribution is 2.31. The summed E-state index contributed by atoms with van der Waals surface area (Å²) in [6, 6.07) is 17.2. The van der Waals surface area contributed by atoms with Gasteiger partial charge in [0.05, 0.1) is 5.69 Å². The first-order chi connectivity index (χ1) is 15.2.